The molecular weight excluding hydrogens is 329 g/mol. The number of methoxy groups -OCH3 is 1. The summed E-state index contributed by atoms with van der Waals surface area (Å²) in [5, 5.41) is 0.442. The summed E-state index contributed by atoms with van der Waals surface area (Å²) in [6.45, 7) is 0. The first kappa shape index (κ1) is 16.6. The van der Waals surface area contributed by atoms with E-state index in [0.717, 1.165) is 0 Å². The first-order valence-electron chi connectivity index (χ1n) is 7.52. The lowest BCUT2D eigenvalue weighted by Crippen LogP contribution is -2.32. The van der Waals surface area contributed by atoms with Crippen molar-refractivity contribution in [3.8, 4) is 5.75 Å². The van der Waals surface area contributed by atoms with Crippen LogP contribution in [0.4, 0.5) is 4.39 Å². The number of imide groups is 1. The SMILES string of the molecule is COc1ccc(CCC(=O)ON2C(=O)c3ccccc3C2=O)c(F)c1. The molecule has 0 aliphatic carbocycles. The quantitative estimate of drug-likeness (QED) is 0.780. The monoisotopic (exact) mass is 343 g/mol. The molecule has 0 bridgehead atoms. The summed E-state index contributed by atoms with van der Waals surface area (Å²) >= 11 is 0. The molecule has 0 saturated carbocycles. The smallest absolute Gasteiger partial charge is 0.333 e. The first-order valence-corrected chi connectivity index (χ1v) is 7.52. The van der Waals surface area contributed by atoms with Crippen molar-refractivity contribution in [2.45, 2.75) is 12.8 Å². The molecule has 0 aromatic heterocycles. The molecule has 2 amide bonds. The molecule has 7 heteroatoms. The van der Waals surface area contributed by atoms with Crippen LogP contribution in [0.15, 0.2) is 42.5 Å². The Bertz CT molecular complexity index is 829. The molecule has 2 aromatic rings. The molecule has 1 heterocycles. The van der Waals surface area contributed by atoms with Crippen LogP contribution in [-0.4, -0.2) is 30.0 Å². The van der Waals surface area contributed by atoms with E-state index in [9.17, 15) is 18.8 Å². The number of ether oxygens (including phenoxy) is 1. The summed E-state index contributed by atoms with van der Waals surface area (Å²) in [6.07, 6.45) is -0.117. The summed E-state index contributed by atoms with van der Waals surface area (Å²) in [4.78, 5) is 41.0. The lowest BCUT2D eigenvalue weighted by atomic mass is 10.1. The molecule has 0 radical (unpaired) electrons. The molecule has 25 heavy (non-hydrogen) atoms. The van der Waals surface area contributed by atoms with Crippen molar-refractivity contribution in [1.29, 1.82) is 0 Å². The molecule has 0 atom stereocenters. The minimum atomic E-state index is -0.801. The van der Waals surface area contributed by atoms with Crippen LogP contribution in [0.5, 0.6) is 5.75 Å². The fourth-order valence-electron chi connectivity index (χ4n) is 2.49. The van der Waals surface area contributed by atoms with Gasteiger partial charge in [-0.05, 0) is 30.2 Å². The maximum absolute atomic E-state index is 13.8. The van der Waals surface area contributed by atoms with Gasteiger partial charge < -0.3 is 9.57 Å². The van der Waals surface area contributed by atoms with Crippen LogP contribution in [0.1, 0.15) is 32.7 Å². The zero-order chi connectivity index (χ0) is 18.0. The number of nitrogens with zero attached hydrogens (tertiary/aromatic N) is 1. The van der Waals surface area contributed by atoms with Crippen molar-refractivity contribution in [1.82, 2.24) is 5.06 Å². The van der Waals surface area contributed by atoms with Gasteiger partial charge in [-0.15, -0.1) is 0 Å². The number of amides is 2. The first-order chi connectivity index (χ1) is 12.0. The Morgan fingerprint density at radius 3 is 2.28 bits per heavy atom. The Labute approximate surface area is 142 Å². The van der Waals surface area contributed by atoms with E-state index in [1.54, 1.807) is 18.2 Å². The fraction of sp³-hybridized carbons (Fsp3) is 0.167. The van der Waals surface area contributed by atoms with Crippen molar-refractivity contribution < 1.29 is 28.3 Å². The van der Waals surface area contributed by atoms with Crippen LogP contribution in [0.3, 0.4) is 0 Å². The largest absolute Gasteiger partial charge is 0.497 e. The number of carbonyl (C=O) groups is 3. The minimum absolute atomic E-state index is 0.0673. The highest BCUT2D eigenvalue weighted by Crippen LogP contribution is 2.23. The van der Waals surface area contributed by atoms with Crippen molar-refractivity contribution >= 4 is 17.8 Å². The van der Waals surface area contributed by atoms with Crippen LogP contribution in [-0.2, 0) is 16.1 Å². The Morgan fingerprint density at radius 2 is 1.72 bits per heavy atom. The van der Waals surface area contributed by atoms with Gasteiger partial charge >= 0.3 is 5.97 Å². The molecule has 0 saturated heterocycles. The molecular formula is C18H14FNO5. The van der Waals surface area contributed by atoms with Crippen molar-refractivity contribution in [3.05, 3.63) is 65.0 Å². The summed E-state index contributed by atoms with van der Waals surface area (Å²) in [5.41, 5.74) is 0.670. The van der Waals surface area contributed by atoms with E-state index in [-0.39, 0.29) is 24.0 Å². The number of aryl methyl sites for hydroxylation is 1. The number of carbonyl (C=O) groups excluding carboxylic acids is 3. The number of fused-ring (bicyclic) bond motifs is 1. The van der Waals surface area contributed by atoms with Crippen molar-refractivity contribution in [2.75, 3.05) is 7.11 Å². The normalized spacial score (nSPS) is 13.0. The van der Waals surface area contributed by atoms with Crippen LogP contribution >= 0.6 is 0 Å². The third-order valence-electron chi connectivity index (χ3n) is 3.81. The van der Waals surface area contributed by atoms with Gasteiger partial charge in [-0.2, -0.15) is 0 Å². The second-order valence-corrected chi connectivity index (χ2v) is 5.37. The van der Waals surface area contributed by atoms with Gasteiger partial charge in [0.25, 0.3) is 11.8 Å². The molecule has 2 aromatic carbocycles. The molecule has 3 rings (SSSR count). The highest BCUT2D eigenvalue weighted by molar-refractivity contribution is 6.20. The minimum Gasteiger partial charge on any atom is -0.497 e. The predicted molar refractivity (Wildman–Crippen MR) is 84.3 cm³/mol. The van der Waals surface area contributed by atoms with Gasteiger partial charge in [0.2, 0.25) is 0 Å². The van der Waals surface area contributed by atoms with Gasteiger partial charge in [-0.1, -0.05) is 23.3 Å². The van der Waals surface area contributed by atoms with E-state index >= 15 is 0 Å². The average Bonchev–Trinajstić information content (AvgIpc) is 2.86. The number of halogens is 1. The van der Waals surface area contributed by atoms with Gasteiger partial charge in [0.15, 0.2) is 0 Å². The van der Waals surface area contributed by atoms with Gasteiger partial charge in [-0.3, -0.25) is 9.59 Å². The highest BCUT2D eigenvalue weighted by atomic mass is 19.1. The molecule has 1 aliphatic rings. The second kappa shape index (κ2) is 6.72. The van der Waals surface area contributed by atoms with E-state index in [0.29, 0.717) is 16.4 Å². The third-order valence-corrected chi connectivity index (χ3v) is 3.81. The van der Waals surface area contributed by atoms with Crippen LogP contribution in [0.2, 0.25) is 0 Å². The Kier molecular flexibility index (Phi) is 4.47. The standard InChI is InChI=1S/C18H14FNO5/c1-24-12-8-6-11(15(19)10-12)7-9-16(21)25-20-17(22)13-4-2-3-5-14(13)18(20)23/h2-6,8,10H,7,9H2,1H3. The number of hydrogen-bond acceptors (Lipinski definition) is 5. The predicted octanol–water partition coefficient (Wildman–Crippen LogP) is 2.52. The Hall–Kier alpha value is -3.22. The van der Waals surface area contributed by atoms with E-state index in [2.05, 4.69) is 0 Å². The molecule has 0 unspecified atom stereocenters. The molecule has 1 aliphatic heterocycles. The zero-order valence-electron chi connectivity index (χ0n) is 13.3. The molecule has 0 N–H and O–H groups in total. The molecule has 0 fully saturated rings. The lowest BCUT2D eigenvalue weighted by molar-refractivity contribution is -0.168. The third kappa shape index (κ3) is 3.21. The molecule has 6 nitrogen and oxygen atoms in total. The number of hydroxylamine groups is 2. The van der Waals surface area contributed by atoms with Gasteiger partial charge in [0.1, 0.15) is 11.6 Å². The Morgan fingerprint density at radius 1 is 1.08 bits per heavy atom. The fourth-order valence-corrected chi connectivity index (χ4v) is 2.49. The van der Waals surface area contributed by atoms with Gasteiger partial charge in [-0.25, -0.2) is 9.18 Å². The van der Waals surface area contributed by atoms with E-state index < -0.39 is 23.6 Å². The zero-order valence-corrected chi connectivity index (χ0v) is 13.3. The summed E-state index contributed by atoms with van der Waals surface area (Å²) in [7, 11) is 1.42. The molecule has 128 valence electrons. The number of rotatable bonds is 5. The topological polar surface area (TPSA) is 72.9 Å². The maximum Gasteiger partial charge on any atom is 0.333 e. The Balaban J connectivity index is 1.62. The van der Waals surface area contributed by atoms with Gasteiger partial charge in [0, 0.05) is 6.07 Å². The van der Waals surface area contributed by atoms with Crippen molar-refractivity contribution in [2.24, 2.45) is 0 Å². The lowest BCUT2D eigenvalue weighted by Gasteiger charge is -2.12. The average molecular weight is 343 g/mol. The van der Waals surface area contributed by atoms with E-state index in [1.165, 1.54) is 31.4 Å². The second-order valence-electron chi connectivity index (χ2n) is 5.37. The summed E-state index contributed by atoms with van der Waals surface area (Å²) in [6, 6.07) is 10.5. The van der Waals surface area contributed by atoms with E-state index in [1.807, 2.05) is 0 Å². The highest BCUT2D eigenvalue weighted by Gasteiger charge is 2.38. The van der Waals surface area contributed by atoms with Gasteiger partial charge in [0.05, 0.1) is 24.7 Å². The summed E-state index contributed by atoms with van der Waals surface area (Å²) in [5.74, 6) is -2.32. The van der Waals surface area contributed by atoms with Crippen molar-refractivity contribution in [3.63, 3.8) is 0 Å². The molecule has 0 spiro atoms. The number of hydrogen-bond donors (Lipinski definition) is 0. The number of benzene rings is 2. The maximum atomic E-state index is 13.8. The van der Waals surface area contributed by atoms with Crippen LogP contribution in [0, 0.1) is 5.82 Å². The summed E-state index contributed by atoms with van der Waals surface area (Å²) < 4.78 is 18.8. The van der Waals surface area contributed by atoms with Crippen LogP contribution < -0.4 is 4.74 Å². The van der Waals surface area contributed by atoms with Crippen LogP contribution in [0.25, 0.3) is 0 Å². The van der Waals surface area contributed by atoms with E-state index in [4.69, 9.17) is 9.57 Å².